The van der Waals surface area contributed by atoms with Crippen LogP contribution < -0.4 is 0 Å². The molecule has 0 saturated carbocycles. The Morgan fingerprint density at radius 3 is 1.26 bits per heavy atom. The summed E-state index contributed by atoms with van der Waals surface area (Å²) in [5.41, 5.74) is 12.8. The lowest BCUT2D eigenvalue weighted by Crippen LogP contribution is -2.13. The number of benzene rings is 8. The van der Waals surface area contributed by atoms with Gasteiger partial charge < -0.3 is 9.13 Å². The molecule has 0 unspecified atom stereocenters. The monoisotopic (exact) mass is 870 g/mol. The summed E-state index contributed by atoms with van der Waals surface area (Å²) < 4.78 is 93.0. The van der Waals surface area contributed by atoms with E-state index in [1.165, 1.54) is 0 Å². The summed E-state index contributed by atoms with van der Waals surface area (Å²) in [6.45, 7) is 14.4. The molecule has 0 saturated heterocycles. The van der Waals surface area contributed by atoms with Crippen LogP contribution in [0.2, 0.25) is 0 Å². The highest BCUT2D eigenvalue weighted by Crippen LogP contribution is 2.47. The Labute approximate surface area is 373 Å². The van der Waals surface area contributed by atoms with Crippen molar-refractivity contribution in [2.75, 3.05) is 0 Å². The Morgan fingerprint density at radius 1 is 0.354 bits per heavy atom. The molecule has 324 valence electrons. The summed E-state index contributed by atoms with van der Waals surface area (Å²) in [5.74, 6) is 0. The van der Waals surface area contributed by atoms with Gasteiger partial charge in [0.1, 0.15) is 0 Å². The highest BCUT2D eigenvalue weighted by Gasteiger charge is 2.39. The Balaban J connectivity index is 1.33. The number of fused-ring (bicyclic) bond motifs is 6. The molecule has 2 aromatic heterocycles. The van der Waals surface area contributed by atoms with Gasteiger partial charge in [0.2, 0.25) is 0 Å². The Kier molecular flexibility index (Phi) is 9.68. The topological polar surface area (TPSA) is 9.86 Å². The fraction of sp³-hybridized carbons (Fsp3) is 0.158. The molecule has 0 radical (unpaired) electrons. The van der Waals surface area contributed by atoms with Gasteiger partial charge in [0.15, 0.2) is 0 Å². The predicted molar refractivity (Wildman–Crippen MR) is 255 cm³/mol. The first kappa shape index (κ1) is 41.9. The van der Waals surface area contributed by atoms with E-state index in [2.05, 4.69) is 107 Å². The number of halogens is 6. The normalized spacial score (nSPS) is 12.4. The predicted octanol–water partition coefficient (Wildman–Crippen LogP) is 17.1. The number of alkyl halides is 6. The quantitative estimate of drug-likeness (QED) is 0.153. The van der Waals surface area contributed by atoms with Crippen molar-refractivity contribution >= 4 is 43.6 Å². The smallest absolute Gasteiger partial charge is 0.309 e. The Bertz CT molecular complexity index is 3550. The van der Waals surface area contributed by atoms with E-state index < -0.39 is 23.5 Å². The van der Waals surface area contributed by atoms with Crippen LogP contribution in [0.15, 0.2) is 140 Å². The lowest BCUT2D eigenvalue weighted by molar-refractivity contribution is -0.142. The molecular weight excluding hydrogens is 827 g/mol. The number of rotatable bonds is 5. The van der Waals surface area contributed by atoms with Crippen molar-refractivity contribution in [2.24, 2.45) is 0 Å². The minimum atomic E-state index is -5.13. The number of hydrogen-bond donors (Lipinski definition) is 0. The third-order valence-electron chi connectivity index (χ3n) is 13.0. The van der Waals surface area contributed by atoms with E-state index in [1.807, 2.05) is 66.1 Å². The van der Waals surface area contributed by atoms with Crippen molar-refractivity contribution < 1.29 is 26.3 Å². The molecule has 10 rings (SSSR count). The van der Waals surface area contributed by atoms with Gasteiger partial charge in [-0.15, -0.1) is 0 Å². The molecule has 0 fully saturated rings. The van der Waals surface area contributed by atoms with Crippen LogP contribution in [-0.2, 0) is 12.4 Å². The second kappa shape index (κ2) is 15.0. The van der Waals surface area contributed by atoms with E-state index in [0.29, 0.717) is 11.4 Å². The van der Waals surface area contributed by atoms with Gasteiger partial charge in [-0.2, -0.15) is 26.3 Å². The number of para-hydroxylation sites is 2. The third kappa shape index (κ3) is 6.89. The minimum absolute atomic E-state index is 0.134. The molecule has 10 aromatic rings. The van der Waals surface area contributed by atoms with Crippen LogP contribution in [0.3, 0.4) is 0 Å². The molecule has 0 bridgehead atoms. The molecule has 0 aliphatic carbocycles. The number of nitrogens with zero attached hydrogens (tertiary/aromatic N) is 2. The van der Waals surface area contributed by atoms with Crippen LogP contribution in [0, 0.1) is 48.5 Å². The molecule has 0 amide bonds. The zero-order valence-corrected chi connectivity index (χ0v) is 36.9. The first-order valence-electron chi connectivity index (χ1n) is 21.6. The van der Waals surface area contributed by atoms with E-state index in [1.54, 1.807) is 6.07 Å². The van der Waals surface area contributed by atoms with Gasteiger partial charge in [0, 0.05) is 32.8 Å². The molecule has 0 aliphatic heterocycles. The van der Waals surface area contributed by atoms with E-state index in [9.17, 15) is 13.2 Å². The second-order valence-corrected chi connectivity index (χ2v) is 17.6. The molecule has 0 aliphatic rings. The van der Waals surface area contributed by atoms with Crippen molar-refractivity contribution in [3.05, 3.63) is 190 Å². The van der Waals surface area contributed by atoms with Gasteiger partial charge in [0.05, 0.1) is 38.9 Å². The maximum atomic E-state index is 15.4. The maximum Gasteiger partial charge on any atom is 0.417 e. The standard InChI is InChI=1S/C57H44F6N2/c1-31-22-34(4)54(35(5)23-31)38-16-19-44-42-12-8-10-14-48(42)64(52(44)27-38)50-30-46(41-21-18-40(56(58,59)60)29-47(41)57(61,62)63)51(26-33(50)3)65-49-15-11-9-13-43(49)45-20-17-39(28-53(45)65)55-36(6)24-32(2)25-37(55)7/h8-30H,1-7H3. The van der Waals surface area contributed by atoms with Gasteiger partial charge in [-0.1, -0.05) is 102 Å². The highest BCUT2D eigenvalue weighted by atomic mass is 19.4. The Hall–Kier alpha value is -7.06. The average molecular weight is 871 g/mol. The lowest BCUT2D eigenvalue weighted by Gasteiger charge is -2.23. The second-order valence-electron chi connectivity index (χ2n) is 17.6. The molecule has 8 heteroatoms. The average Bonchev–Trinajstić information content (AvgIpc) is 3.74. The van der Waals surface area contributed by atoms with Crippen LogP contribution >= 0.6 is 0 Å². The van der Waals surface area contributed by atoms with Crippen LogP contribution in [0.25, 0.3) is 88.4 Å². The zero-order valence-electron chi connectivity index (χ0n) is 36.9. The van der Waals surface area contributed by atoms with Crippen LogP contribution in [0.5, 0.6) is 0 Å². The van der Waals surface area contributed by atoms with Crippen molar-refractivity contribution in [3.8, 4) is 44.8 Å². The van der Waals surface area contributed by atoms with Gasteiger partial charge in [-0.25, -0.2) is 0 Å². The summed E-state index contributed by atoms with van der Waals surface area (Å²) in [4.78, 5) is 0. The van der Waals surface area contributed by atoms with Crippen LogP contribution in [0.4, 0.5) is 26.3 Å². The van der Waals surface area contributed by atoms with E-state index in [-0.39, 0.29) is 17.2 Å². The van der Waals surface area contributed by atoms with Crippen LogP contribution in [0.1, 0.15) is 50.1 Å². The largest absolute Gasteiger partial charge is 0.417 e. The fourth-order valence-corrected chi connectivity index (χ4v) is 10.6. The minimum Gasteiger partial charge on any atom is -0.309 e. The van der Waals surface area contributed by atoms with Gasteiger partial charge in [0.25, 0.3) is 0 Å². The summed E-state index contributed by atoms with van der Waals surface area (Å²) in [6, 6.07) is 42.4. The summed E-state index contributed by atoms with van der Waals surface area (Å²) >= 11 is 0. The van der Waals surface area contributed by atoms with Crippen molar-refractivity contribution in [1.29, 1.82) is 0 Å². The zero-order chi connectivity index (χ0) is 45.9. The molecule has 0 atom stereocenters. The number of aryl methyl sites for hydroxylation is 7. The first-order chi connectivity index (χ1) is 30.9. The molecule has 2 nitrogen and oxygen atoms in total. The van der Waals surface area contributed by atoms with Crippen molar-refractivity contribution in [1.82, 2.24) is 9.13 Å². The third-order valence-corrected chi connectivity index (χ3v) is 13.0. The number of aromatic nitrogens is 2. The first-order valence-corrected chi connectivity index (χ1v) is 21.6. The van der Waals surface area contributed by atoms with Gasteiger partial charge in [-0.3, -0.25) is 0 Å². The molecular formula is C57H44F6N2. The summed E-state index contributed by atoms with van der Waals surface area (Å²) in [6.07, 6.45) is -10.1. The summed E-state index contributed by atoms with van der Waals surface area (Å²) in [7, 11) is 0. The Morgan fingerprint density at radius 2 is 0.800 bits per heavy atom. The lowest BCUT2D eigenvalue weighted by atomic mass is 9.92. The molecule has 0 spiro atoms. The summed E-state index contributed by atoms with van der Waals surface area (Å²) in [5, 5.41) is 3.69. The van der Waals surface area contributed by atoms with Crippen molar-refractivity contribution in [3.63, 3.8) is 0 Å². The van der Waals surface area contributed by atoms with Crippen LogP contribution in [-0.4, -0.2) is 9.13 Å². The van der Waals surface area contributed by atoms with E-state index in [0.717, 1.165) is 117 Å². The number of hydrogen-bond acceptors (Lipinski definition) is 0. The highest BCUT2D eigenvalue weighted by molar-refractivity contribution is 6.12. The van der Waals surface area contributed by atoms with Crippen molar-refractivity contribution in [2.45, 2.75) is 60.8 Å². The van der Waals surface area contributed by atoms with Gasteiger partial charge in [-0.05, 0) is 153 Å². The van der Waals surface area contributed by atoms with Gasteiger partial charge >= 0.3 is 12.4 Å². The molecule has 8 aromatic carbocycles. The van der Waals surface area contributed by atoms with E-state index >= 15 is 13.2 Å². The fourth-order valence-electron chi connectivity index (χ4n) is 10.6. The van der Waals surface area contributed by atoms with E-state index in [4.69, 9.17) is 0 Å². The molecule has 2 heterocycles. The maximum absolute atomic E-state index is 15.4. The molecule has 0 N–H and O–H groups in total. The molecule has 65 heavy (non-hydrogen) atoms. The SMILES string of the molecule is Cc1cc(C)c(-c2ccc3c4ccccc4n(-c4cc(-c5ccc(C(F)(F)F)cc5C(F)(F)F)c(-n5c6ccccc6c6ccc(-c7c(C)cc(C)cc7C)cc65)cc4C)c3c2)c(C)c1.